The van der Waals surface area contributed by atoms with E-state index in [0.29, 0.717) is 0 Å². The van der Waals surface area contributed by atoms with E-state index in [1.54, 1.807) is 0 Å². The summed E-state index contributed by atoms with van der Waals surface area (Å²) < 4.78 is -10.4. The minimum atomic E-state index is -1.74. The summed E-state index contributed by atoms with van der Waals surface area (Å²) in [6.45, 7) is 0. The van der Waals surface area contributed by atoms with Gasteiger partial charge in [0.15, 0.2) is 0 Å². The van der Waals surface area contributed by atoms with E-state index in [-0.39, 0.29) is 21.1 Å². The Morgan fingerprint density at radius 1 is 0.243 bits per heavy atom. The Labute approximate surface area is 316 Å². The van der Waals surface area contributed by atoms with Crippen LogP contribution in [0.4, 0.5) is 0 Å². The molecule has 37 heavy (non-hydrogen) atoms. The van der Waals surface area contributed by atoms with Crippen molar-refractivity contribution < 1.29 is 21.1 Å². The van der Waals surface area contributed by atoms with Crippen LogP contribution in [-0.4, -0.2) is 22.8 Å². The smallest absolute Gasteiger partial charge is 0.194 e. The van der Waals surface area contributed by atoms with Gasteiger partial charge >= 0.3 is 0 Å². The van der Waals surface area contributed by atoms with E-state index in [0.717, 1.165) is 0 Å². The molecule has 0 bridgehead atoms. The average molecular weight is 1050 g/mol. The summed E-state index contributed by atoms with van der Waals surface area (Å²) in [5.41, 5.74) is 0. The van der Waals surface area contributed by atoms with E-state index in [2.05, 4.69) is 0 Å². The van der Waals surface area contributed by atoms with Gasteiger partial charge in [-0.15, -0.1) is 0 Å². The zero-order valence-electron chi connectivity index (χ0n) is 15.9. The number of hydrogen-bond acceptors (Lipinski definition) is 6. The molecular formula is C12Cl18N6W. The molecule has 0 saturated heterocycles. The zero-order valence-corrected chi connectivity index (χ0v) is 32.4. The first-order chi connectivity index (χ1) is 15.4. The molecule has 0 heterocycles. The number of nitriles is 6. The molecule has 6 nitrogen and oxygen atoms in total. The van der Waals surface area contributed by atoms with Crippen molar-refractivity contribution in [3.63, 3.8) is 0 Å². The molecule has 0 aromatic heterocycles. The third-order valence-corrected chi connectivity index (χ3v) is 2.28. The van der Waals surface area contributed by atoms with E-state index in [1.807, 2.05) is 0 Å². The fourth-order valence-electron chi connectivity index (χ4n) is 0. The summed E-state index contributed by atoms with van der Waals surface area (Å²) in [6, 6.07) is 8.40. The van der Waals surface area contributed by atoms with Gasteiger partial charge in [0.25, 0.3) is 22.8 Å². The number of nitrogens with zero attached hydrogens (tertiary/aromatic N) is 6. The van der Waals surface area contributed by atoms with Gasteiger partial charge in [-0.25, -0.2) is 0 Å². The molecule has 0 saturated carbocycles. The predicted molar refractivity (Wildman–Crippen MR) is 155 cm³/mol. The van der Waals surface area contributed by atoms with Crippen LogP contribution in [0.15, 0.2) is 0 Å². The topological polar surface area (TPSA) is 143 Å². The van der Waals surface area contributed by atoms with Crippen molar-refractivity contribution in [2.45, 2.75) is 22.8 Å². The summed E-state index contributed by atoms with van der Waals surface area (Å²) in [7, 11) is 0. The molecule has 0 spiro atoms. The Morgan fingerprint density at radius 2 is 0.270 bits per heavy atom. The summed E-state index contributed by atoms with van der Waals surface area (Å²) in [5.74, 6) is 0. The zero-order chi connectivity index (χ0) is 31.2. The van der Waals surface area contributed by atoms with E-state index in [4.69, 9.17) is 240 Å². The van der Waals surface area contributed by atoms with Gasteiger partial charge in [-0.05, 0) is 0 Å². The number of rotatable bonds is 0. The quantitative estimate of drug-likeness (QED) is 0.221. The van der Waals surface area contributed by atoms with E-state index in [1.165, 1.54) is 36.4 Å². The van der Waals surface area contributed by atoms with Crippen molar-refractivity contribution in [2.24, 2.45) is 0 Å². The normalized spacial score (nSPS) is 10.1. The Balaban J connectivity index is -0.0000000581. The average Bonchev–Trinajstić information content (AvgIpc) is 2.67. The first-order valence-electron chi connectivity index (χ1n) is 6.24. The molecule has 0 aromatic rings. The predicted octanol–water partition coefficient (Wildman–Crippen LogP) is 11.3. The maximum Gasteiger partial charge on any atom is 0.277 e. The molecule has 0 radical (unpaired) electrons. The molecule has 0 aliphatic carbocycles. The van der Waals surface area contributed by atoms with Crippen LogP contribution in [0.2, 0.25) is 0 Å². The molecule has 0 fully saturated rings. The largest absolute Gasteiger partial charge is 0.277 e. The van der Waals surface area contributed by atoms with Crippen LogP contribution in [0.25, 0.3) is 0 Å². The van der Waals surface area contributed by atoms with Gasteiger partial charge < -0.3 is 0 Å². The van der Waals surface area contributed by atoms with Gasteiger partial charge in [-0.3, -0.25) is 0 Å². The Kier molecular flexibility index (Phi) is 41.7. The maximum absolute atomic E-state index is 7.76. The van der Waals surface area contributed by atoms with Crippen molar-refractivity contribution in [1.29, 1.82) is 31.6 Å². The molecular weight excluding hydrogens is 1050 g/mol. The minimum absolute atomic E-state index is 0. The maximum atomic E-state index is 7.76. The van der Waals surface area contributed by atoms with Crippen molar-refractivity contribution in [3.8, 4) is 36.4 Å². The molecule has 0 atom stereocenters. The van der Waals surface area contributed by atoms with Gasteiger partial charge in [0.2, 0.25) is 0 Å². The molecule has 25 heteroatoms. The van der Waals surface area contributed by atoms with Crippen LogP contribution in [0.1, 0.15) is 0 Å². The van der Waals surface area contributed by atoms with Gasteiger partial charge in [0, 0.05) is 21.1 Å². The number of hydrogen-bond donors (Lipinski definition) is 0. The molecule has 0 N–H and O–H groups in total. The van der Waals surface area contributed by atoms with Crippen LogP contribution < -0.4 is 0 Å². The first kappa shape index (κ1) is 55.7. The third kappa shape index (κ3) is 121. The Hall–Kier alpha value is 2.85. The van der Waals surface area contributed by atoms with Crippen molar-refractivity contribution in [1.82, 2.24) is 0 Å². The molecule has 0 aliphatic rings. The van der Waals surface area contributed by atoms with Gasteiger partial charge in [-0.2, -0.15) is 31.6 Å². The SMILES string of the molecule is N#CC(Cl)(Cl)Cl.N#CC(Cl)(Cl)Cl.N#CC(Cl)(Cl)Cl.N#CC(Cl)(Cl)Cl.N#CC(Cl)(Cl)Cl.N#CC(Cl)(Cl)Cl.[W]. The third-order valence-electron chi connectivity index (χ3n) is 0.761. The monoisotopic (exact) mass is 1040 g/mol. The van der Waals surface area contributed by atoms with Gasteiger partial charge in [0.1, 0.15) is 36.4 Å². The van der Waals surface area contributed by atoms with Crippen molar-refractivity contribution in [2.75, 3.05) is 0 Å². The van der Waals surface area contributed by atoms with Crippen LogP contribution >= 0.6 is 209 Å². The Bertz CT molecular complexity index is 647. The first-order valence-corrected chi connectivity index (χ1v) is 13.0. The fraction of sp³-hybridized carbons (Fsp3) is 0.500. The second-order valence-corrected chi connectivity index (χ2v) is 17.3. The van der Waals surface area contributed by atoms with Crippen molar-refractivity contribution in [3.05, 3.63) is 0 Å². The van der Waals surface area contributed by atoms with Crippen LogP contribution in [0.3, 0.4) is 0 Å². The summed E-state index contributed by atoms with van der Waals surface area (Å²) in [5, 5.41) is 46.5. The Morgan fingerprint density at radius 3 is 0.270 bits per heavy atom. The molecule has 0 unspecified atom stereocenters. The van der Waals surface area contributed by atoms with Gasteiger partial charge in [-0.1, -0.05) is 209 Å². The van der Waals surface area contributed by atoms with E-state index in [9.17, 15) is 0 Å². The summed E-state index contributed by atoms with van der Waals surface area (Å²) in [4.78, 5) is 0. The molecule has 0 aromatic carbocycles. The summed E-state index contributed by atoms with van der Waals surface area (Å²) in [6.07, 6.45) is 0. The van der Waals surface area contributed by atoms with Gasteiger partial charge in [0.05, 0.1) is 0 Å². The second kappa shape index (κ2) is 27.7. The molecule has 210 valence electrons. The fourth-order valence-corrected chi connectivity index (χ4v) is 0. The van der Waals surface area contributed by atoms with Crippen LogP contribution in [0.5, 0.6) is 0 Å². The number of halogens is 18. The second-order valence-electron chi connectivity index (χ2n) is 3.66. The standard InChI is InChI=1S/6C2Cl3N.W/c6*3-2(4,5)1-6;. The van der Waals surface area contributed by atoms with Crippen LogP contribution in [-0.2, 0) is 21.1 Å². The summed E-state index contributed by atoms with van der Waals surface area (Å²) >= 11 is 88.0. The molecule has 0 rings (SSSR count). The number of alkyl halides is 18. The van der Waals surface area contributed by atoms with E-state index < -0.39 is 22.8 Å². The van der Waals surface area contributed by atoms with Crippen LogP contribution in [0, 0.1) is 68.0 Å². The molecule has 0 aliphatic heterocycles. The molecule has 0 amide bonds. The van der Waals surface area contributed by atoms with Crippen molar-refractivity contribution >= 4 is 209 Å². The van der Waals surface area contributed by atoms with E-state index >= 15 is 0 Å². The minimum Gasteiger partial charge on any atom is -0.194 e.